The molecule has 0 amide bonds. The molecule has 0 bridgehead atoms. The van der Waals surface area contributed by atoms with Gasteiger partial charge in [0.1, 0.15) is 0 Å². The van der Waals surface area contributed by atoms with Gasteiger partial charge in [-0.15, -0.1) is 0 Å². The molecule has 0 spiro atoms. The van der Waals surface area contributed by atoms with Crippen molar-refractivity contribution in [2.24, 2.45) is 0 Å². The Bertz CT molecular complexity index is 883. The predicted molar refractivity (Wildman–Crippen MR) is 98.8 cm³/mol. The average molecular weight is 405 g/mol. The quantitative estimate of drug-likeness (QED) is 0.723. The van der Waals surface area contributed by atoms with Gasteiger partial charge in [0.05, 0.1) is 14.9 Å². The topological polar surface area (TPSA) is 46.2 Å². The second kappa shape index (κ2) is 6.85. The molecule has 0 saturated heterocycles. The molecular weight excluding hydrogens is 389 g/mol. The molecule has 1 N–H and O–H groups in total. The van der Waals surface area contributed by atoms with E-state index in [0.29, 0.717) is 10.0 Å². The Morgan fingerprint density at radius 3 is 2.38 bits per heavy atom. The number of halogens is 3. The highest BCUT2D eigenvalue weighted by Gasteiger charge is 2.29. The highest BCUT2D eigenvalue weighted by atomic mass is 35.7. The van der Waals surface area contributed by atoms with E-state index in [1.54, 1.807) is 18.2 Å². The zero-order chi connectivity index (χ0) is 17.5. The number of nitrogens with one attached hydrogen (secondary N) is 1. The van der Waals surface area contributed by atoms with Gasteiger partial charge in [0, 0.05) is 22.6 Å². The van der Waals surface area contributed by atoms with Crippen LogP contribution in [0.2, 0.25) is 10.0 Å². The first-order valence-corrected chi connectivity index (χ1v) is 10.6. The molecule has 128 valence electrons. The van der Waals surface area contributed by atoms with Crippen LogP contribution in [0, 0.1) is 0 Å². The fourth-order valence-electron chi connectivity index (χ4n) is 3.34. The van der Waals surface area contributed by atoms with Crippen molar-refractivity contribution in [2.45, 2.75) is 29.7 Å². The lowest BCUT2D eigenvalue weighted by atomic mass is 9.77. The SMILES string of the molecule is CN[C@H]1CCC(c2ccc(Cl)c(Cl)c2)c2ccc(S(=O)(=O)Cl)cc21. The van der Waals surface area contributed by atoms with Crippen LogP contribution in [0.4, 0.5) is 0 Å². The van der Waals surface area contributed by atoms with E-state index >= 15 is 0 Å². The summed E-state index contributed by atoms with van der Waals surface area (Å²) >= 11 is 12.2. The van der Waals surface area contributed by atoms with Gasteiger partial charge in [0.25, 0.3) is 9.05 Å². The van der Waals surface area contributed by atoms with Crippen LogP contribution in [0.15, 0.2) is 41.3 Å². The molecule has 1 aliphatic carbocycles. The third-order valence-corrected chi connectivity index (χ3v) is 6.62. The lowest BCUT2D eigenvalue weighted by Crippen LogP contribution is -2.24. The number of rotatable bonds is 3. The van der Waals surface area contributed by atoms with Crippen molar-refractivity contribution in [1.29, 1.82) is 0 Å². The molecule has 0 saturated carbocycles. The summed E-state index contributed by atoms with van der Waals surface area (Å²) in [5.41, 5.74) is 3.12. The molecule has 0 aromatic heterocycles. The smallest absolute Gasteiger partial charge is 0.261 e. The Hall–Kier alpha value is -0.780. The Balaban J connectivity index is 2.12. The summed E-state index contributed by atoms with van der Waals surface area (Å²) in [5, 5.41) is 4.29. The van der Waals surface area contributed by atoms with E-state index in [9.17, 15) is 8.42 Å². The third-order valence-electron chi connectivity index (χ3n) is 4.53. The molecule has 2 aromatic carbocycles. The van der Waals surface area contributed by atoms with Crippen LogP contribution < -0.4 is 5.32 Å². The molecule has 3 rings (SSSR count). The van der Waals surface area contributed by atoms with Crippen LogP contribution in [0.25, 0.3) is 0 Å². The highest BCUT2D eigenvalue weighted by Crippen LogP contribution is 2.43. The first-order chi connectivity index (χ1) is 11.3. The van der Waals surface area contributed by atoms with Crippen molar-refractivity contribution in [3.8, 4) is 0 Å². The first-order valence-electron chi connectivity index (χ1n) is 7.52. The Morgan fingerprint density at radius 1 is 1.00 bits per heavy atom. The van der Waals surface area contributed by atoms with E-state index in [4.69, 9.17) is 33.9 Å². The normalized spacial score (nSPS) is 20.7. The zero-order valence-electron chi connectivity index (χ0n) is 12.9. The van der Waals surface area contributed by atoms with E-state index in [-0.39, 0.29) is 16.9 Å². The van der Waals surface area contributed by atoms with Gasteiger partial charge in [-0.25, -0.2) is 8.42 Å². The summed E-state index contributed by atoms with van der Waals surface area (Å²) in [7, 11) is 3.62. The van der Waals surface area contributed by atoms with Crippen LogP contribution in [-0.4, -0.2) is 15.5 Å². The summed E-state index contributed by atoms with van der Waals surface area (Å²) in [6, 6.07) is 10.8. The molecule has 1 aliphatic rings. The van der Waals surface area contributed by atoms with E-state index in [1.807, 2.05) is 25.2 Å². The molecule has 0 fully saturated rings. The van der Waals surface area contributed by atoms with Crippen molar-refractivity contribution in [2.75, 3.05) is 7.05 Å². The third kappa shape index (κ3) is 3.44. The van der Waals surface area contributed by atoms with Crippen LogP contribution in [0.3, 0.4) is 0 Å². The average Bonchev–Trinajstić information content (AvgIpc) is 2.55. The van der Waals surface area contributed by atoms with E-state index < -0.39 is 9.05 Å². The molecule has 2 atom stereocenters. The molecule has 0 aliphatic heterocycles. The van der Waals surface area contributed by atoms with Gasteiger partial charge in [0.15, 0.2) is 0 Å². The van der Waals surface area contributed by atoms with Crippen molar-refractivity contribution in [3.63, 3.8) is 0 Å². The van der Waals surface area contributed by atoms with Gasteiger partial charge in [-0.1, -0.05) is 35.3 Å². The second-order valence-corrected chi connectivity index (χ2v) is 9.25. The molecule has 24 heavy (non-hydrogen) atoms. The van der Waals surface area contributed by atoms with Gasteiger partial charge in [0.2, 0.25) is 0 Å². The minimum atomic E-state index is -3.76. The number of hydrogen-bond acceptors (Lipinski definition) is 3. The maximum atomic E-state index is 11.7. The van der Waals surface area contributed by atoms with E-state index in [2.05, 4.69) is 5.32 Å². The van der Waals surface area contributed by atoms with Crippen LogP contribution in [0.1, 0.15) is 41.5 Å². The fraction of sp³-hybridized carbons (Fsp3) is 0.294. The summed E-state index contributed by atoms with van der Waals surface area (Å²) < 4.78 is 23.3. The summed E-state index contributed by atoms with van der Waals surface area (Å²) in [5.74, 6) is 0.145. The standard InChI is InChI=1S/C17H16Cl3NO2S/c1-21-17-7-5-12(10-2-6-15(18)16(19)8-10)13-4-3-11(9-14(13)17)24(20,22)23/h2-4,6,8-9,12,17,21H,5,7H2,1H3/t12?,17-/m0/s1. The molecular formula is C17H16Cl3NO2S. The molecule has 7 heteroatoms. The predicted octanol–water partition coefficient (Wildman–Crippen LogP) is 5.11. The molecule has 0 heterocycles. The van der Waals surface area contributed by atoms with E-state index in [0.717, 1.165) is 29.5 Å². The van der Waals surface area contributed by atoms with Crippen molar-refractivity contribution >= 4 is 42.9 Å². The summed E-state index contributed by atoms with van der Waals surface area (Å²) in [6.45, 7) is 0. The largest absolute Gasteiger partial charge is 0.313 e. The lowest BCUT2D eigenvalue weighted by Gasteiger charge is -2.32. The van der Waals surface area contributed by atoms with Crippen molar-refractivity contribution < 1.29 is 8.42 Å². The number of fused-ring (bicyclic) bond motifs is 1. The van der Waals surface area contributed by atoms with Gasteiger partial charge in [-0.05, 0) is 60.8 Å². The maximum Gasteiger partial charge on any atom is 0.261 e. The van der Waals surface area contributed by atoms with E-state index in [1.165, 1.54) is 0 Å². The minimum absolute atomic E-state index is 0.0948. The Morgan fingerprint density at radius 2 is 1.75 bits per heavy atom. The maximum absolute atomic E-state index is 11.7. The van der Waals surface area contributed by atoms with Crippen LogP contribution in [0.5, 0.6) is 0 Å². The minimum Gasteiger partial charge on any atom is -0.313 e. The first kappa shape index (κ1) is 18.0. The summed E-state index contributed by atoms with van der Waals surface area (Å²) in [6.07, 6.45) is 1.82. The van der Waals surface area contributed by atoms with Crippen molar-refractivity contribution in [1.82, 2.24) is 5.32 Å². The van der Waals surface area contributed by atoms with Crippen molar-refractivity contribution in [3.05, 3.63) is 63.1 Å². The monoisotopic (exact) mass is 403 g/mol. The van der Waals surface area contributed by atoms with Gasteiger partial charge in [-0.2, -0.15) is 0 Å². The van der Waals surface area contributed by atoms with Crippen LogP contribution >= 0.6 is 33.9 Å². The van der Waals surface area contributed by atoms with Gasteiger partial charge in [-0.3, -0.25) is 0 Å². The van der Waals surface area contributed by atoms with Gasteiger partial charge >= 0.3 is 0 Å². The second-order valence-electron chi connectivity index (χ2n) is 5.87. The zero-order valence-corrected chi connectivity index (χ0v) is 16.0. The molecule has 0 radical (unpaired) electrons. The summed E-state index contributed by atoms with van der Waals surface area (Å²) in [4.78, 5) is 0.123. The van der Waals surface area contributed by atoms with Gasteiger partial charge < -0.3 is 5.32 Å². The number of hydrogen-bond donors (Lipinski definition) is 1. The molecule has 2 aromatic rings. The Kier molecular flexibility index (Phi) is 5.14. The lowest BCUT2D eigenvalue weighted by molar-refractivity contribution is 0.469. The van der Waals surface area contributed by atoms with Crippen LogP contribution in [-0.2, 0) is 9.05 Å². The molecule has 3 nitrogen and oxygen atoms in total. The Labute approximate surface area is 156 Å². The molecule has 1 unspecified atom stereocenters. The fourth-order valence-corrected chi connectivity index (χ4v) is 4.44. The number of benzene rings is 2. The highest BCUT2D eigenvalue weighted by molar-refractivity contribution is 8.13.